The Morgan fingerprint density at radius 3 is 2.76 bits per heavy atom. The summed E-state index contributed by atoms with van der Waals surface area (Å²) in [7, 11) is 0. The molecule has 1 saturated heterocycles. The first-order valence-electron chi connectivity index (χ1n) is 8.08. The summed E-state index contributed by atoms with van der Waals surface area (Å²) in [5.74, 6) is 0.881. The van der Waals surface area contributed by atoms with Crippen molar-refractivity contribution in [2.24, 2.45) is 0 Å². The number of halogens is 1. The van der Waals surface area contributed by atoms with Gasteiger partial charge >= 0.3 is 5.69 Å². The number of benzene rings is 1. The van der Waals surface area contributed by atoms with Gasteiger partial charge in [0.15, 0.2) is 0 Å². The van der Waals surface area contributed by atoms with Crippen LogP contribution in [0.4, 0.5) is 11.4 Å². The summed E-state index contributed by atoms with van der Waals surface area (Å²) in [6.07, 6.45) is 8.35. The molecule has 0 aliphatic carbocycles. The molecule has 0 radical (unpaired) electrons. The van der Waals surface area contributed by atoms with E-state index in [1.54, 1.807) is 0 Å². The van der Waals surface area contributed by atoms with E-state index >= 15 is 0 Å². The average molecular weight is 358 g/mol. The Bertz CT molecular complexity index is 860. The Morgan fingerprint density at radius 1 is 1.24 bits per heavy atom. The van der Waals surface area contributed by atoms with Gasteiger partial charge in [-0.15, -0.1) is 0 Å². The number of rotatable bonds is 2. The van der Waals surface area contributed by atoms with Crippen molar-refractivity contribution in [3.05, 3.63) is 63.4 Å². The lowest BCUT2D eigenvalue weighted by Gasteiger charge is -2.42. The van der Waals surface area contributed by atoms with Crippen LogP contribution in [0.25, 0.3) is 6.08 Å². The SMILES string of the molecule is O=[N+]([O-])c1cncc(Cl)c1N1CCC2(C=Cc3ccccc3O2)CC1. The molecular formula is C18H16ClN3O3. The van der Waals surface area contributed by atoms with E-state index in [-0.39, 0.29) is 11.3 Å². The average Bonchev–Trinajstić information content (AvgIpc) is 2.62. The molecule has 3 heterocycles. The molecule has 2 aliphatic rings. The highest BCUT2D eigenvalue weighted by Gasteiger charge is 2.38. The number of fused-ring (bicyclic) bond motifs is 1. The lowest BCUT2D eigenvalue weighted by molar-refractivity contribution is -0.384. The van der Waals surface area contributed by atoms with Crippen molar-refractivity contribution >= 4 is 29.1 Å². The zero-order valence-corrected chi connectivity index (χ0v) is 14.1. The molecule has 128 valence electrons. The molecule has 0 bridgehead atoms. The minimum atomic E-state index is -0.439. The number of nitro groups is 1. The Hall–Kier alpha value is -2.60. The molecule has 6 nitrogen and oxygen atoms in total. The van der Waals surface area contributed by atoms with Gasteiger partial charge in [0.05, 0.1) is 9.95 Å². The Balaban J connectivity index is 1.57. The second-order valence-electron chi connectivity index (χ2n) is 6.27. The van der Waals surface area contributed by atoms with E-state index in [0.717, 1.165) is 24.2 Å². The van der Waals surface area contributed by atoms with Crippen LogP contribution in [0.1, 0.15) is 18.4 Å². The molecule has 2 aliphatic heterocycles. The van der Waals surface area contributed by atoms with Gasteiger partial charge in [-0.25, -0.2) is 0 Å². The summed E-state index contributed by atoms with van der Waals surface area (Å²) >= 11 is 6.20. The predicted molar refractivity (Wildman–Crippen MR) is 96.2 cm³/mol. The van der Waals surface area contributed by atoms with Crippen molar-refractivity contribution in [3.8, 4) is 5.75 Å². The van der Waals surface area contributed by atoms with Crippen LogP contribution in [0.5, 0.6) is 5.75 Å². The maximum absolute atomic E-state index is 11.3. The topological polar surface area (TPSA) is 68.5 Å². The fourth-order valence-corrected chi connectivity index (χ4v) is 3.72. The highest BCUT2D eigenvalue weighted by molar-refractivity contribution is 6.33. The van der Waals surface area contributed by atoms with Crippen LogP contribution in [-0.4, -0.2) is 28.6 Å². The minimum Gasteiger partial charge on any atom is -0.482 e. The van der Waals surface area contributed by atoms with Gasteiger partial charge in [0, 0.05) is 37.7 Å². The second-order valence-corrected chi connectivity index (χ2v) is 6.68. The molecule has 1 spiro atoms. The fourth-order valence-electron chi connectivity index (χ4n) is 3.45. The number of hydrogen-bond donors (Lipinski definition) is 0. The van der Waals surface area contributed by atoms with Gasteiger partial charge in [0.25, 0.3) is 0 Å². The van der Waals surface area contributed by atoms with Crippen molar-refractivity contribution in [1.82, 2.24) is 4.98 Å². The first kappa shape index (κ1) is 15.9. The summed E-state index contributed by atoms with van der Waals surface area (Å²) < 4.78 is 6.26. The highest BCUT2D eigenvalue weighted by Crippen LogP contribution is 2.41. The van der Waals surface area contributed by atoms with Gasteiger partial charge in [-0.2, -0.15) is 0 Å². The predicted octanol–water partition coefficient (Wildman–Crippen LogP) is 4.09. The van der Waals surface area contributed by atoms with Crippen LogP contribution in [0.3, 0.4) is 0 Å². The van der Waals surface area contributed by atoms with Crippen molar-refractivity contribution in [2.75, 3.05) is 18.0 Å². The van der Waals surface area contributed by atoms with Gasteiger partial charge in [0.2, 0.25) is 0 Å². The first-order chi connectivity index (χ1) is 12.1. The van der Waals surface area contributed by atoms with Gasteiger partial charge < -0.3 is 9.64 Å². The Labute approximate surface area is 149 Å². The molecule has 1 aromatic carbocycles. The monoisotopic (exact) mass is 357 g/mol. The molecule has 1 aromatic heterocycles. The molecule has 0 unspecified atom stereocenters. The molecule has 7 heteroatoms. The number of hydrogen-bond acceptors (Lipinski definition) is 5. The normalized spacial score (nSPS) is 17.9. The third-order valence-electron chi connectivity index (χ3n) is 4.78. The molecule has 2 aromatic rings. The quantitative estimate of drug-likeness (QED) is 0.598. The van der Waals surface area contributed by atoms with E-state index in [2.05, 4.69) is 17.1 Å². The largest absolute Gasteiger partial charge is 0.482 e. The van der Waals surface area contributed by atoms with Crippen molar-refractivity contribution < 1.29 is 9.66 Å². The number of ether oxygens (including phenoxy) is 1. The van der Waals surface area contributed by atoms with E-state index in [4.69, 9.17) is 16.3 Å². The number of aromatic nitrogens is 1. The molecule has 0 amide bonds. The lowest BCUT2D eigenvalue weighted by atomic mass is 9.88. The second kappa shape index (κ2) is 6.04. The number of nitrogens with zero attached hydrogens (tertiary/aromatic N) is 3. The maximum Gasteiger partial charge on any atom is 0.312 e. The van der Waals surface area contributed by atoms with Crippen LogP contribution in [0.15, 0.2) is 42.7 Å². The number of anilines is 1. The Kier molecular flexibility index (Phi) is 3.84. The lowest BCUT2D eigenvalue weighted by Crippen LogP contribution is -2.47. The standard InChI is InChI=1S/C18H16ClN3O3/c19-14-11-20-12-15(22(23)24)17(14)21-9-7-18(8-10-21)6-5-13-3-1-2-4-16(13)25-18/h1-6,11-12H,7-10H2. The number of piperidine rings is 1. The zero-order chi connectivity index (χ0) is 17.4. The highest BCUT2D eigenvalue weighted by atomic mass is 35.5. The van der Waals surface area contributed by atoms with E-state index < -0.39 is 4.92 Å². The third kappa shape index (κ3) is 2.82. The molecule has 0 saturated carbocycles. The molecule has 25 heavy (non-hydrogen) atoms. The van der Waals surface area contributed by atoms with Crippen molar-refractivity contribution in [2.45, 2.75) is 18.4 Å². The van der Waals surface area contributed by atoms with Crippen LogP contribution >= 0.6 is 11.6 Å². The van der Waals surface area contributed by atoms with Crippen molar-refractivity contribution in [1.29, 1.82) is 0 Å². The Morgan fingerprint density at radius 2 is 2.00 bits per heavy atom. The molecular weight excluding hydrogens is 342 g/mol. The van der Waals surface area contributed by atoms with E-state index in [9.17, 15) is 10.1 Å². The van der Waals surface area contributed by atoms with Crippen LogP contribution < -0.4 is 9.64 Å². The van der Waals surface area contributed by atoms with Gasteiger partial charge in [0.1, 0.15) is 23.2 Å². The minimum absolute atomic E-state index is 0.0612. The summed E-state index contributed by atoms with van der Waals surface area (Å²) in [6, 6.07) is 7.93. The van der Waals surface area contributed by atoms with Gasteiger partial charge in [-0.3, -0.25) is 15.1 Å². The third-order valence-corrected chi connectivity index (χ3v) is 5.05. The smallest absolute Gasteiger partial charge is 0.312 e. The van der Waals surface area contributed by atoms with Gasteiger partial charge in [-0.05, 0) is 12.1 Å². The van der Waals surface area contributed by atoms with Gasteiger partial charge in [-0.1, -0.05) is 35.9 Å². The fraction of sp³-hybridized carbons (Fsp3) is 0.278. The number of para-hydroxylation sites is 1. The zero-order valence-electron chi connectivity index (χ0n) is 13.4. The molecule has 0 atom stereocenters. The maximum atomic E-state index is 11.3. The van der Waals surface area contributed by atoms with Crippen LogP contribution in [0, 0.1) is 10.1 Å². The summed E-state index contributed by atoms with van der Waals surface area (Å²) in [6.45, 7) is 1.24. The van der Waals surface area contributed by atoms with Crippen LogP contribution in [-0.2, 0) is 0 Å². The summed E-state index contributed by atoms with van der Waals surface area (Å²) in [5, 5.41) is 11.6. The van der Waals surface area contributed by atoms with E-state index in [1.807, 2.05) is 29.2 Å². The summed E-state index contributed by atoms with van der Waals surface area (Å²) in [5.41, 5.74) is 1.09. The summed E-state index contributed by atoms with van der Waals surface area (Å²) in [4.78, 5) is 16.6. The van der Waals surface area contributed by atoms with E-state index in [0.29, 0.717) is 23.8 Å². The first-order valence-corrected chi connectivity index (χ1v) is 8.46. The molecule has 4 rings (SSSR count). The molecule has 1 fully saturated rings. The number of pyridine rings is 1. The van der Waals surface area contributed by atoms with Crippen molar-refractivity contribution in [3.63, 3.8) is 0 Å². The van der Waals surface area contributed by atoms with Crippen LogP contribution in [0.2, 0.25) is 5.02 Å². The molecule has 0 N–H and O–H groups in total. The van der Waals surface area contributed by atoms with E-state index in [1.165, 1.54) is 12.4 Å².